The van der Waals surface area contributed by atoms with Crippen molar-refractivity contribution in [1.29, 1.82) is 0 Å². The van der Waals surface area contributed by atoms with Crippen molar-refractivity contribution < 1.29 is 22.7 Å². The Morgan fingerprint density at radius 2 is 2.19 bits per heavy atom. The Hall–Kier alpha value is -1.03. The highest BCUT2D eigenvalue weighted by Gasteiger charge is 2.30. The van der Waals surface area contributed by atoms with Crippen LogP contribution in [0.1, 0.15) is 30.3 Å². The van der Waals surface area contributed by atoms with Crippen molar-refractivity contribution in [2.24, 2.45) is 5.92 Å². The van der Waals surface area contributed by atoms with Crippen LogP contribution in [0.25, 0.3) is 0 Å². The topological polar surface area (TPSA) is 94.6 Å². The molecule has 1 fully saturated rings. The quantitative estimate of drug-likeness (QED) is 0.808. The SMILES string of the molecule is COC(=O)c1ncsc1S(=O)(=O)NC(C)C1CCOCC1. The average molecular weight is 334 g/mol. The fourth-order valence-corrected chi connectivity index (χ4v) is 4.73. The maximum atomic E-state index is 12.4. The Labute approximate surface area is 127 Å². The standard InChI is InChI=1S/C12H18N2O5S2/c1-8(9-3-5-19-6-4-9)14-21(16,17)12-10(11(15)18-2)13-7-20-12/h7-9,14H,3-6H2,1-2H3. The zero-order chi connectivity index (χ0) is 15.5. The van der Waals surface area contributed by atoms with Gasteiger partial charge in [0.15, 0.2) is 9.90 Å². The molecule has 118 valence electrons. The Balaban J connectivity index is 2.14. The molecule has 1 unspecified atom stereocenters. The minimum atomic E-state index is -3.79. The van der Waals surface area contributed by atoms with Gasteiger partial charge in [0, 0.05) is 19.3 Å². The summed E-state index contributed by atoms with van der Waals surface area (Å²) in [6.45, 7) is 3.11. The van der Waals surface area contributed by atoms with E-state index in [1.165, 1.54) is 12.6 Å². The van der Waals surface area contributed by atoms with E-state index in [0.29, 0.717) is 13.2 Å². The first-order valence-electron chi connectivity index (χ1n) is 6.57. The van der Waals surface area contributed by atoms with Crippen LogP contribution in [0.5, 0.6) is 0 Å². The van der Waals surface area contributed by atoms with Gasteiger partial charge in [0.1, 0.15) is 0 Å². The molecule has 1 N–H and O–H groups in total. The van der Waals surface area contributed by atoms with Gasteiger partial charge in [-0.1, -0.05) is 0 Å². The summed E-state index contributed by atoms with van der Waals surface area (Å²) in [5.74, 6) is -0.529. The Morgan fingerprint density at radius 3 is 2.81 bits per heavy atom. The van der Waals surface area contributed by atoms with Crippen LogP contribution in [0.3, 0.4) is 0 Å². The molecule has 1 aromatic rings. The summed E-state index contributed by atoms with van der Waals surface area (Å²) in [6.07, 6.45) is 1.63. The predicted octanol–water partition coefficient (Wildman–Crippen LogP) is 1.02. The molecular weight excluding hydrogens is 316 g/mol. The number of carbonyl (C=O) groups is 1. The normalized spacial score (nSPS) is 18.4. The third-order valence-corrected chi connectivity index (χ3v) is 6.40. The summed E-state index contributed by atoms with van der Waals surface area (Å²) in [5, 5.41) is 0. The number of carbonyl (C=O) groups excluding carboxylic acids is 1. The lowest BCUT2D eigenvalue weighted by molar-refractivity contribution is 0.0585. The van der Waals surface area contributed by atoms with Gasteiger partial charge in [-0.2, -0.15) is 0 Å². The van der Waals surface area contributed by atoms with E-state index in [4.69, 9.17) is 4.74 Å². The smallest absolute Gasteiger partial charge is 0.358 e. The molecule has 9 heteroatoms. The Kier molecular flexibility index (Phi) is 5.31. The number of nitrogens with one attached hydrogen (secondary N) is 1. The molecule has 7 nitrogen and oxygen atoms in total. The van der Waals surface area contributed by atoms with E-state index >= 15 is 0 Å². The van der Waals surface area contributed by atoms with Crippen LogP contribution in [0, 0.1) is 5.92 Å². The number of ether oxygens (including phenoxy) is 2. The monoisotopic (exact) mass is 334 g/mol. The van der Waals surface area contributed by atoms with Gasteiger partial charge in [-0.3, -0.25) is 0 Å². The van der Waals surface area contributed by atoms with Crippen molar-refractivity contribution in [3.63, 3.8) is 0 Å². The second kappa shape index (κ2) is 6.82. The fourth-order valence-electron chi connectivity index (χ4n) is 2.27. The fraction of sp³-hybridized carbons (Fsp3) is 0.667. The van der Waals surface area contributed by atoms with E-state index in [9.17, 15) is 13.2 Å². The second-order valence-electron chi connectivity index (χ2n) is 4.84. The average Bonchev–Trinajstić information content (AvgIpc) is 2.97. The number of rotatable bonds is 5. The zero-order valence-corrected chi connectivity index (χ0v) is 13.5. The zero-order valence-electron chi connectivity index (χ0n) is 11.9. The Morgan fingerprint density at radius 1 is 1.52 bits per heavy atom. The number of hydrogen-bond acceptors (Lipinski definition) is 7. The molecule has 1 aromatic heterocycles. The van der Waals surface area contributed by atoms with Gasteiger partial charge in [0.25, 0.3) is 10.0 Å². The molecule has 0 aromatic carbocycles. The van der Waals surface area contributed by atoms with E-state index in [1.54, 1.807) is 0 Å². The molecule has 0 aliphatic carbocycles. The summed E-state index contributed by atoms with van der Waals surface area (Å²) in [4.78, 5) is 15.3. The Bertz CT molecular complexity index is 593. The molecule has 1 aliphatic heterocycles. The van der Waals surface area contributed by atoms with E-state index in [0.717, 1.165) is 24.2 Å². The summed E-state index contributed by atoms with van der Waals surface area (Å²) in [6, 6.07) is -0.230. The molecule has 0 saturated carbocycles. The lowest BCUT2D eigenvalue weighted by atomic mass is 9.94. The molecule has 0 amide bonds. The summed E-state index contributed by atoms with van der Waals surface area (Å²) >= 11 is 0.902. The predicted molar refractivity (Wildman–Crippen MR) is 76.8 cm³/mol. The van der Waals surface area contributed by atoms with Gasteiger partial charge in [0.2, 0.25) is 0 Å². The third kappa shape index (κ3) is 3.79. The summed E-state index contributed by atoms with van der Waals surface area (Å²) < 4.78 is 37.2. The summed E-state index contributed by atoms with van der Waals surface area (Å²) in [7, 11) is -2.60. The largest absolute Gasteiger partial charge is 0.464 e. The number of methoxy groups -OCH3 is 1. The molecule has 2 heterocycles. The van der Waals surface area contributed by atoms with Crippen molar-refractivity contribution in [3.05, 3.63) is 11.2 Å². The van der Waals surface area contributed by atoms with Crippen LogP contribution in [0.4, 0.5) is 0 Å². The molecule has 0 bridgehead atoms. The first-order chi connectivity index (χ1) is 9.95. The maximum Gasteiger partial charge on any atom is 0.358 e. The molecule has 2 rings (SSSR count). The minimum Gasteiger partial charge on any atom is -0.464 e. The van der Waals surface area contributed by atoms with Gasteiger partial charge in [-0.05, 0) is 25.7 Å². The second-order valence-corrected chi connectivity index (χ2v) is 7.60. The number of hydrogen-bond donors (Lipinski definition) is 1. The highest BCUT2D eigenvalue weighted by Crippen LogP contribution is 2.24. The van der Waals surface area contributed by atoms with Gasteiger partial charge >= 0.3 is 5.97 Å². The van der Waals surface area contributed by atoms with Crippen molar-refractivity contribution >= 4 is 27.3 Å². The molecule has 1 atom stereocenters. The van der Waals surface area contributed by atoms with Crippen molar-refractivity contribution in [1.82, 2.24) is 9.71 Å². The van der Waals surface area contributed by atoms with Crippen molar-refractivity contribution in [3.8, 4) is 0 Å². The first-order valence-corrected chi connectivity index (χ1v) is 8.94. The summed E-state index contributed by atoms with van der Waals surface area (Å²) in [5.41, 5.74) is 1.15. The molecule has 0 radical (unpaired) electrons. The third-order valence-electron chi connectivity index (χ3n) is 3.47. The van der Waals surface area contributed by atoms with Crippen LogP contribution in [0.2, 0.25) is 0 Å². The number of sulfonamides is 1. The number of thiazole rings is 1. The van der Waals surface area contributed by atoms with E-state index in [1.807, 2.05) is 6.92 Å². The van der Waals surface area contributed by atoms with E-state index in [-0.39, 0.29) is 21.9 Å². The maximum absolute atomic E-state index is 12.4. The lowest BCUT2D eigenvalue weighted by Crippen LogP contribution is -2.40. The van der Waals surface area contributed by atoms with Gasteiger partial charge < -0.3 is 9.47 Å². The van der Waals surface area contributed by atoms with Crippen molar-refractivity contribution in [2.45, 2.75) is 30.0 Å². The number of nitrogens with zero attached hydrogens (tertiary/aromatic N) is 1. The van der Waals surface area contributed by atoms with E-state index in [2.05, 4.69) is 14.4 Å². The highest BCUT2D eigenvalue weighted by atomic mass is 32.2. The molecule has 21 heavy (non-hydrogen) atoms. The van der Waals surface area contributed by atoms with Crippen LogP contribution < -0.4 is 4.72 Å². The first kappa shape index (κ1) is 16.3. The van der Waals surface area contributed by atoms with Crippen molar-refractivity contribution in [2.75, 3.05) is 20.3 Å². The minimum absolute atomic E-state index is 0.103. The van der Waals surface area contributed by atoms with Gasteiger partial charge in [-0.15, -0.1) is 11.3 Å². The lowest BCUT2D eigenvalue weighted by Gasteiger charge is -2.28. The number of aromatic nitrogens is 1. The van der Waals surface area contributed by atoms with E-state index < -0.39 is 16.0 Å². The van der Waals surface area contributed by atoms with Crippen LogP contribution in [-0.2, 0) is 19.5 Å². The van der Waals surface area contributed by atoms with Crippen LogP contribution in [0.15, 0.2) is 9.72 Å². The molecule has 0 spiro atoms. The molecule has 1 saturated heterocycles. The molecule has 1 aliphatic rings. The highest BCUT2D eigenvalue weighted by molar-refractivity contribution is 7.91. The molecular formula is C12H18N2O5S2. The van der Waals surface area contributed by atoms with Crippen LogP contribution in [-0.4, -0.2) is 45.7 Å². The van der Waals surface area contributed by atoms with Gasteiger partial charge in [-0.25, -0.2) is 22.9 Å². The number of esters is 1. The van der Waals surface area contributed by atoms with Crippen LogP contribution >= 0.6 is 11.3 Å². The van der Waals surface area contributed by atoms with Gasteiger partial charge in [0.05, 0.1) is 12.6 Å².